The monoisotopic (exact) mass is 196 g/mol. The normalized spacial score (nSPS) is 10.2. The van der Waals surface area contributed by atoms with E-state index in [0.29, 0.717) is 6.42 Å². The lowest BCUT2D eigenvalue weighted by Gasteiger charge is -2.08. The minimum atomic E-state index is -0.241. The van der Waals surface area contributed by atoms with Gasteiger partial charge in [0.25, 0.3) is 0 Å². The zero-order chi connectivity index (χ0) is 10.4. The predicted octanol–water partition coefficient (Wildman–Crippen LogP) is 3.16. The van der Waals surface area contributed by atoms with E-state index in [1.54, 1.807) is 7.11 Å². The van der Waals surface area contributed by atoms with E-state index in [9.17, 15) is 4.39 Å². The average Bonchev–Trinajstić information content (AvgIpc) is 2.26. The van der Waals surface area contributed by atoms with Gasteiger partial charge >= 0.3 is 0 Å². The summed E-state index contributed by atoms with van der Waals surface area (Å²) in [6.07, 6.45) is 2.40. The Morgan fingerprint density at radius 2 is 2.07 bits per heavy atom. The third-order valence-electron chi connectivity index (χ3n) is 2.37. The SMILES string of the molecule is CCc1cc(OC)ccc1CCCF. The van der Waals surface area contributed by atoms with Crippen molar-refractivity contribution in [3.8, 4) is 5.75 Å². The standard InChI is InChI=1S/C12H17FO/c1-3-10-9-12(14-2)7-6-11(10)5-4-8-13/h6-7,9H,3-5,8H2,1-2H3. The summed E-state index contributed by atoms with van der Waals surface area (Å²) in [6, 6.07) is 6.01. The van der Waals surface area contributed by atoms with Gasteiger partial charge in [0.2, 0.25) is 0 Å². The molecule has 78 valence electrons. The average molecular weight is 196 g/mol. The number of aryl methyl sites for hydroxylation is 2. The van der Waals surface area contributed by atoms with Crippen molar-refractivity contribution in [3.05, 3.63) is 29.3 Å². The van der Waals surface area contributed by atoms with Gasteiger partial charge in [0, 0.05) is 0 Å². The highest BCUT2D eigenvalue weighted by molar-refractivity contribution is 5.35. The van der Waals surface area contributed by atoms with Gasteiger partial charge in [-0.2, -0.15) is 0 Å². The molecule has 1 aromatic carbocycles. The third-order valence-corrected chi connectivity index (χ3v) is 2.37. The molecule has 0 atom stereocenters. The van der Waals surface area contributed by atoms with Crippen molar-refractivity contribution in [2.75, 3.05) is 13.8 Å². The fourth-order valence-corrected chi connectivity index (χ4v) is 1.56. The first-order chi connectivity index (χ1) is 6.81. The molecular formula is C12H17FO. The van der Waals surface area contributed by atoms with Gasteiger partial charge < -0.3 is 4.74 Å². The highest BCUT2D eigenvalue weighted by Gasteiger charge is 2.02. The summed E-state index contributed by atoms with van der Waals surface area (Å²) in [7, 11) is 1.66. The molecule has 0 aliphatic rings. The molecule has 0 N–H and O–H groups in total. The maximum Gasteiger partial charge on any atom is 0.119 e. The molecule has 0 heterocycles. The van der Waals surface area contributed by atoms with Gasteiger partial charge in [-0.1, -0.05) is 13.0 Å². The zero-order valence-electron chi connectivity index (χ0n) is 8.85. The first kappa shape index (κ1) is 11.0. The summed E-state index contributed by atoms with van der Waals surface area (Å²) in [5.74, 6) is 0.880. The molecule has 0 aliphatic heterocycles. The minimum Gasteiger partial charge on any atom is -0.497 e. The molecule has 1 nitrogen and oxygen atoms in total. The second-order valence-corrected chi connectivity index (χ2v) is 3.28. The molecule has 0 bridgehead atoms. The van der Waals surface area contributed by atoms with E-state index in [2.05, 4.69) is 6.92 Å². The highest BCUT2D eigenvalue weighted by atomic mass is 19.1. The summed E-state index contributed by atoms with van der Waals surface area (Å²) in [6.45, 7) is 1.86. The van der Waals surface area contributed by atoms with E-state index >= 15 is 0 Å². The van der Waals surface area contributed by atoms with Gasteiger partial charge in [-0.3, -0.25) is 4.39 Å². The van der Waals surface area contributed by atoms with Crippen molar-refractivity contribution in [1.82, 2.24) is 0 Å². The fourth-order valence-electron chi connectivity index (χ4n) is 1.56. The Morgan fingerprint density at radius 3 is 2.64 bits per heavy atom. The van der Waals surface area contributed by atoms with Gasteiger partial charge in [-0.15, -0.1) is 0 Å². The molecule has 2 heteroatoms. The van der Waals surface area contributed by atoms with Gasteiger partial charge in [0.05, 0.1) is 13.8 Å². The van der Waals surface area contributed by atoms with Crippen LogP contribution in [0.25, 0.3) is 0 Å². The number of ether oxygens (including phenoxy) is 1. The molecule has 14 heavy (non-hydrogen) atoms. The van der Waals surface area contributed by atoms with Crippen LogP contribution < -0.4 is 4.74 Å². The molecule has 0 amide bonds. The number of halogens is 1. The van der Waals surface area contributed by atoms with Crippen LogP contribution in [0.4, 0.5) is 4.39 Å². The van der Waals surface area contributed by atoms with E-state index in [1.807, 2.05) is 18.2 Å². The Kier molecular flexibility index (Phi) is 4.44. The summed E-state index contributed by atoms with van der Waals surface area (Å²) >= 11 is 0. The number of methoxy groups -OCH3 is 1. The third kappa shape index (κ3) is 2.72. The molecule has 1 aromatic rings. The topological polar surface area (TPSA) is 9.23 Å². The summed E-state index contributed by atoms with van der Waals surface area (Å²) in [4.78, 5) is 0. The van der Waals surface area contributed by atoms with Gasteiger partial charge in [0.1, 0.15) is 5.75 Å². The van der Waals surface area contributed by atoms with E-state index in [0.717, 1.165) is 18.6 Å². The van der Waals surface area contributed by atoms with Crippen molar-refractivity contribution in [1.29, 1.82) is 0 Å². The second kappa shape index (κ2) is 5.63. The zero-order valence-corrected chi connectivity index (χ0v) is 8.85. The first-order valence-electron chi connectivity index (χ1n) is 5.03. The minimum absolute atomic E-state index is 0.241. The quantitative estimate of drug-likeness (QED) is 0.703. The Morgan fingerprint density at radius 1 is 1.29 bits per heavy atom. The lowest BCUT2D eigenvalue weighted by molar-refractivity contribution is 0.414. The van der Waals surface area contributed by atoms with Crippen LogP contribution in [0.2, 0.25) is 0 Å². The molecule has 0 radical (unpaired) electrons. The van der Waals surface area contributed by atoms with E-state index < -0.39 is 0 Å². The molecule has 0 saturated carbocycles. The van der Waals surface area contributed by atoms with Crippen molar-refractivity contribution in [2.24, 2.45) is 0 Å². The predicted molar refractivity (Wildman–Crippen MR) is 56.7 cm³/mol. The van der Waals surface area contributed by atoms with Crippen molar-refractivity contribution < 1.29 is 9.13 Å². The van der Waals surface area contributed by atoms with E-state index in [4.69, 9.17) is 4.74 Å². The molecule has 0 aliphatic carbocycles. The maximum atomic E-state index is 12.0. The summed E-state index contributed by atoms with van der Waals surface area (Å²) < 4.78 is 17.2. The lowest BCUT2D eigenvalue weighted by Crippen LogP contribution is -1.95. The molecule has 0 aromatic heterocycles. The molecular weight excluding hydrogens is 179 g/mol. The number of hydrogen-bond donors (Lipinski definition) is 0. The van der Waals surface area contributed by atoms with Crippen LogP contribution in [0, 0.1) is 0 Å². The largest absolute Gasteiger partial charge is 0.497 e. The number of benzene rings is 1. The summed E-state index contributed by atoms with van der Waals surface area (Å²) in [5, 5.41) is 0. The second-order valence-electron chi connectivity index (χ2n) is 3.28. The highest BCUT2D eigenvalue weighted by Crippen LogP contribution is 2.19. The Balaban J connectivity index is 2.82. The summed E-state index contributed by atoms with van der Waals surface area (Å²) in [5.41, 5.74) is 2.50. The number of hydrogen-bond acceptors (Lipinski definition) is 1. The van der Waals surface area contributed by atoms with Crippen LogP contribution >= 0.6 is 0 Å². The van der Waals surface area contributed by atoms with Crippen LogP contribution in [0.5, 0.6) is 5.75 Å². The fraction of sp³-hybridized carbons (Fsp3) is 0.500. The van der Waals surface area contributed by atoms with Gasteiger partial charge in [-0.05, 0) is 42.5 Å². The molecule has 0 spiro atoms. The lowest BCUT2D eigenvalue weighted by atomic mass is 10.0. The molecule has 0 unspecified atom stereocenters. The number of alkyl halides is 1. The van der Waals surface area contributed by atoms with Crippen LogP contribution in [0.3, 0.4) is 0 Å². The molecule has 0 fully saturated rings. The van der Waals surface area contributed by atoms with Crippen LogP contribution in [-0.2, 0) is 12.8 Å². The molecule has 0 saturated heterocycles. The van der Waals surface area contributed by atoms with Crippen LogP contribution in [0.1, 0.15) is 24.5 Å². The Labute approximate surface area is 84.9 Å². The van der Waals surface area contributed by atoms with Crippen LogP contribution in [0.15, 0.2) is 18.2 Å². The maximum absolute atomic E-state index is 12.0. The van der Waals surface area contributed by atoms with E-state index in [1.165, 1.54) is 11.1 Å². The first-order valence-corrected chi connectivity index (χ1v) is 5.03. The van der Waals surface area contributed by atoms with Crippen molar-refractivity contribution in [3.63, 3.8) is 0 Å². The van der Waals surface area contributed by atoms with Gasteiger partial charge in [-0.25, -0.2) is 0 Å². The van der Waals surface area contributed by atoms with E-state index in [-0.39, 0.29) is 6.67 Å². The Bertz CT molecular complexity index is 284. The van der Waals surface area contributed by atoms with Crippen LogP contribution in [-0.4, -0.2) is 13.8 Å². The number of rotatable bonds is 5. The smallest absolute Gasteiger partial charge is 0.119 e. The van der Waals surface area contributed by atoms with Crippen molar-refractivity contribution in [2.45, 2.75) is 26.2 Å². The molecule has 1 rings (SSSR count). The van der Waals surface area contributed by atoms with Crippen molar-refractivity contribution >= 4 is 0 Å². The van der Waals surface area contributed by atoms with Gasteiger partial charge in [0.15, 0.2) is 0 Å². The Hall–Kier alpha value is -1.05.